The first-order valence-electron chi connectivity index (χ1n) is 4.47. The first-order chi connectivity index (χ1) is 7.20. The fourth-order valence-electron chi connectivity index (χ4n) is 1.39. The van der Waals surface area contributed by atoms with Crippen LogP contribution in [0.25, 0.3) is 0 Å². The number of benzene rings is 1. The largest absolute Gasteiger partial charge is 0.287 e. The molecule has 0 spiro atoms. The normalized spacial score (nSPS) is 10.3. The number of carbonyl (C=O) groups excluding carboxylic acids is 1. The molecular formula is C11H9BrN2O. The molecule has 0 atom stereocenters. The molecule has 0 saturated carbocycles. The highest BCUT2D eigenvalue weighted by atomic mass is 79.9. The third-order valence-corrected chi connectivity index (χ3v) is 2.73. The lowest BCUT2D eigenvalue weighted by atomic mass is 10.1. The molecule has 2 rings (SSSR count). The predicted octanol–water partition coefficient (Wildman–Crippen LogP) is 2.41. The van der Waals surface area contributed by atoms with E-state index in [0.717, 1.165) is 4.47 Å². The van der Waals surface area contributed by atoms with Gasteiger partial charge in [-0.1, -0.05) is 30.3 Å². The topological polar surface area (TPSA) is 34.9 Å². The minimum absolute atomic E-state index is 0.0255. The molecular weight excluding hydrogens is 256 g/mol. The minimum atomic E-state index is -0.0255. The molecule has 2 aromatic rings. The van der Waals surface area contributed by atoms with Gasteiger partial charge in [0.2, 0.25) is 5.78 Å². The minimum Gasteiger partial charge on any atom is -0.287 e. The lowest BCUT2D eigenvalue weighted by Gasteiger charge is -2.01. The van der Waals surface area contributed by atoms with Crippen molar-refractivity contribution in [2.75, 3.05) is 0 Å². The van der Waals surface area contributed by atoms with Crippen molar-refractivity contribution in [3.05, 3.63) is 52.3 Å². The molecule has 3 nitrogen and oxygen atoms in total. The lowest BCUT2D eigenvalue weighted by Crippen LogP contribution is -2.08. The Hall–Kier alpha value is -1.42. The fourth-order valence-corrected chi connectivity index (χ4v) is 1.92. The molecule has 4 heteroatoms. The Morgan fingerprint density at radius 2 is 2.00 bits per heavy atom. The van der Waals surface area contributed by atoms with Gasteiger partial charge in [-0.25, -0.2) is 0 Å². The summed E-state index contributed by atoms with van der Waals surface area (Å²) >= 11 is 3.31. The van der Waals surface area contributed by atoms with Crippen molar-refractivity contribution in [3.63, 3.8) is 0 Å². The summed E-state index contributed by atoms with van der Waals surface area (Å²) in [7, 11) is 1.75. The summed E-state index contributed by atoms with van der Waals surface area (Å²) in [5, 5.41) is 4.01. The zero-order chi connectivity index (χ0) is 10.8. The highest BCUT2D eigenvalue weighted by Gasteiger charge is 2.16. The van der Waals surface area contributed by atoms with Crippen LogP contribution < -0.4 is 0 Å². The Bertz CT molecular complexity index is 471. The maximum atomic E-state index is 12.1. The van der Waals surface area contributed by atoms with Crippen molar-refractivity contribution in [2.45, 2.75) is 0 Å². The molecule has 0 aliphatic heterocycles. The van der Waals surface area contributed by atoms with Crippen LogP contribution >= 0.6 is 15.9 Å². The van der Waals surface area contributed by atoms with Gasteiger partial charge in [-0.2, -0.15) is 5.10 Å². The van der Waals surface area contributed by atoms with Gasteiger partial charge in [-0.3, -0.25) is 9.48 Å². The number of carbonyl (C=O) groups is 1. The van der Waals surface area contributed by atoms with Crippen LogP contribution in [0.4, 0.5) is 0 Å². The van der Waals surface area contributed by atoms with Crippen molar-refractivity contribution in [3.8, 4) is 0 Å². The first kappa shape index (κ1) is 10.1. The van der Waals surface area contributed by atoms with Crippen LogP contribution in [0.15, 0.2) is 41.0 Å². The van der Waals surface area contributed by atoms with E-state index in [1.165, 1.54) is 0 Å². The van der Waals surface area contributed by atoms with Gasteiger partial charge in [0.15, 0.2) is 0 Å². The third-order valence-electron chi connectivity index (χ3n) is 2.15. The van der Waals surface area contributed by atoms with Crippen molar-refractivity contribution >= 4 is 21.7 Å². The van der Waals surface area contributed by atoms with E-state index in [9.17, 15) is 4.79 Å². The van der Waals surface area contributed by atoms with Gasteiger partial charge in [0.05, 0.1) is 10.7 Å². The summed E-state index contributed by atoms with van der Waals surface area (Å²) < 4.78 is 2.29. The van der Waals surface area contributed by atoms with Crippen LogP contribution in [0.5, 0.6) is 0 Å². The van der Waals surface area contributed by atoms with Crippen LogP contribution in [-0.4, -0.2) is 15.6 Å². The van der Waals surface area contributed by atoms with E-state index in [1.807, 2.05) is 18.2 Å². The summed E-state index contributed by atoms with van der Waals surface area (Å²) in [5.74, 6) is -0.0255. The van der Waals surface area contributed by atoms with Crippen LogP contribution in [0.2, 0.25) is 0 Å². The molecule has 0 N–H and O–H groups in total. The van der Waals surface area contributed by atoms with E-state index in [4.69, 9.17) is 0 Å². The monoisotopic (exact) mass is 264 g/mol. The molecule has 76 valence electrons. The van der Waals surface area contributed by atoms with Gasteiger partial charge in [-0.05, 0) is 15.9 Å². The van der Waals surface area contributed by atoms with Crippen molar-refractivity contribution in [1.82, 2.24) is 9.78 Å². The number of aryl methyl sites for hydroxylation is 1. The van der Waals surface area contributed by atoms with Gasteiger partial charge in [-0.15, -0.1) is 0 Å². The van der Waals surface area contributed by atoms with E-state index in [1.54, 1.807) is 30.1 Å². The maximum absolute atomic E-state index is 12.1. The van der Waals surface area contributed by atoms with Crippen LogP contribution in [-0.2, 0) is 7.05 Å². The number of hydrogen-bond donors (Lipinski definition) is 0. The molecule has 1 heterocycles. The summed E-state index contributed by atoms with van der Waals surface area (Å²) in [5.41, 5.74) is 1.24. The number of ketones is 1. The second-order valence-electron chi connectivity index (χ2n) is 3.16. The Labute approximate surface area is 95.9 Å². The molecule has 1 aromatic heterocycles. The molecule has 15 heavy (non-hydrogen) atoms. The van der Waals surface area contributed by atoms with E-state index in [0.29, 0.717) is 11.3 Å². The highest BCUT2D eigenvalue weighted by Crippen LogP contribution is 2.18. The standard InChI is InChI=1S/C11H9BrN2O/c1-14-10(9(12)7-13-14)11(15)8-5-3-2-4-6-8/h2-7H,1H3. The van der Waals surface area contributed by atoms with Gasteiger partial charge < -0.3 is 0 Å². The number of nitrogens with zero attached hydrogens (tertiary/aromatic N) is 2. The average Bonchev–Trinajstić information content (AvgIpc) is 2.59. The smallest absolute Gasteiger partial charge is 0.212 e. The second-order valence-corrected chi connectivity index (χ2v) is 4.01. The van der Waals surface area contributed by atoms with E-state index in [2.05, 4.69) is 21.0 Å². The third kappa shape index (κ3) is 1.85. The molecule has 0 saturated heterocycles. The molecule has 0 aliphatic rings. The van der Waals surface area contributed by atoms with Crippen LogP contribution in [0.3, 0.4) is 0 Å². The Morgan fingerprint density at radius 3 is 2.53 bits per heavy atom. The Kier molecular flexibility index (Phi) is 2.68. The molecule has 0 amide bonds. The fraction of sp³-hybridized carbons (Fsp3) is 0.0909. The van der Waals surface area contributed by atoms with E-state index in [-0.39, 0.29) is 5.78 Å². The van der Waals surface area contributed by atoms with Crippen LogP contribution in [0, 0.1) is 0 Å². The van der Waals surface area contributed by atoms with Crippen molar-refractivity contribution in [1.29, 1.82) is 0 Å². The first-order valence-corrected chi connectivity index (χ1v) is 5.26. The Balaban J connectivity index is 2.46. The number of aromatic nitrogens is 2. The predicted molar refractivity (Wildman–Crippen MR) is 60.8 cm³/mol. The van der Waals surface area contributed by atoms with E-state index < -0.39 is 0 Å². The zero-order valence-electron chi connectivity index (χ0n) is 8.14. The average molecular weight is 265 g/mol. The molecule has 0 aliphatic carbocycles. The maximum Gasteiger partial charge on any atom is 0.212 e. The molecule has 0 fully saturated rings. The van der Waals surface area contributed by atoms with Gasteiger partial charge in [0, 0.05) is 12.6 Å². The molecule has 0 unspecified atom stereocenters. The summed E-state index contributed by atoms with van der Waals surface area (Å²) in [6.07, 6.45) is 1.62. The van der Waals surface area contributed by atoms with Gasteiger partial charge >= 0.3 is 0 Å². The van der Waals surface area contributed by atoms with Gasteiger partial charge in [0.25, 0.3) is 0 Å². The SMILES string of the molecule is Cn1ncc(Br)c1C(=O)c1ccccc1. The molecule has 1 aromatic carbocycles. The highest BCUT2D eigenvalue weighted by molar-refractivity contribution is 9.10. The molecule has 0 radical (unpaired) electrons. The summed E-state index contributed by atoms with van der Waals surface area (Å²) in [6.45, 7) is 0. The number of rotatable bonds is 2. The van der Waals surface area contributed by atoms with Crippen molar-refractivity contribution < 1.29 is 4.79 Å². The number of halogens is 1. The van der Waals surface area contributed by atoms with Crippen molar-refractivity contribution in [2.24, 2.45) is 7.05 Å². The molecule has 0 bridgehead atoms. The summed E-state index contributed by atoms with van der Waals surface area (Å²) in [4.78, 5) is 12.1. The van der Waals surface area contributed by atoms with E-state index >= 15 is 0 Å². The quantitative estimate of drug-likeness (QED) is 0.781. The van der Waals surface area contributed by atoms with Crippen LogP contribution in [0.1, 0.15) is 16.1 Å². The van der Waals surface area contributed by atoms with Gasteiger partial charge in [0.1, 0.15) is 5.69 Å². The number of hydrogen-bond acceptors (Lipinski definition) is 2. The summed E-state index contributed by atoms with van der Waals surface area (Å²) in [6, 6.07) is 9.16. The Morgan fingerprint density at radius 1 is 1.33 bits per heavy atom. The lowest BCUT2D eigenvalue weighted by molar-refractivity contribution is 0.102. The second kappa shape index (κ2) is 3.98. The zero-order valence-corrected chi connectivity index (χ0v) is 9.73.